The third kappa shape index (κ3) is 5.87. The molecule has 1 aliphatic heterocycles. The Balaban J connectivity index is 1.69. The van der Waals surface area contributed by atoms with Crippen molar-refractivity contribution in [2.24, 2.45) is 0 Å². The molecule has 1 atom stereocenters. The first-order valence-corrected chi connectivity index (χ1v) is 12.9. The van der Waals surface area contributed by atoms with E-state index >= 15 is 0 Å². The van der Waals surface area contributed by atoms with Crippen LogP contribution in [0.1, 0.15) is 36.5 Å². The molecule has 1 unspecified atom stereocenters. The van der Waals surface area contributed by atoms with Crippen LogP contribution < -0.4 is 15.0 Å². The maximum Gasteiger partial charge on any atom is 0.269 e. The van der Waals surface area contributed by atoms with Crippen molar-refractivity contribution in [1.82, 2.24) is 0 Å². The van der Waals surface area contributed by atoms with Gasteiger partial charge in [0.1, 0.15) is 22.4 Å². The second kappa shape index (κ2) is 11.4. The molecule has 1 heterocycles. The summed E-state index contributed by atoms with van der Waals surface area (Å²) in [6.07, 6.45) is 0.482. The number of methoxy groups -OCH3 is 1. The molecule has 0 spiro atoms. The normalized spacial score (nSPS) is 16.5. The van der Waals surface area contributed by atoms with Crippen LogP contribution >= 0.6 is 11.8 Å². The quantitative estimate of drug-likeness (QED) is 0.302. The summed E-state index contributed by atoms with van der Waals surface area (Å²) in [5.74, 6) is 0.339. The fourth-order valence-electron chi connectivity index (χ4n) is 4.04. The molecule has 37 heavy (non-hydrogen) atoms. The van der Waals surface area contributed by atoms with E-state index in [1.165, 1.54) is 22.2 Å². The van der Waals surface area contributed by atoms with Gasteiger partial charge in [0, 0.05) is 11.4 Å². The molecule has 1 aliphatic rings. The number of nitrogens with one attached hydrogen (secondary N) is 1. The van der Waals surface area contributed by atoms with Gasteiger partial charge in [-0.15, -0.1) is 0 Å². The molecular weight excluding hydrogens is 482 g/mol. The Morgan fingerprint density at radius 1 is 1.05 bits per heavy atom. The number of carbonyl (C=O) groups excluding carboxylic acids is 2. The molecule has 4 rings (SSSR count). The fraction of sp³-hybridized carbons (Fsp3) is 0.233. The lowest BCUT2D eigenvalue weighted by molar-refractivity contribution is -0.117. The van der Waals surface area contributed by atoms with Gasteiger partial charge in [0.05, 0.1) is 12.4 Å². The van der Waals surface area contributed by atoms with Gasteiger partial charge >= 0.3 is 0 Å². The number of carbonyl (C=O) groups is 2. The average Bonchev–Trinajstić information content (AvgIpc) is 3.21. The molecule has 188 valence electrons. The summed E-state index contributed by atoms with van der Waals surface area (Å²) in [5, 5.41) is 12.7. The Morgan fingerprint density at radius 3 is 2.27 bits per heavy atom. The number of nitrogens with zero attached hydrogens (tertiary/aromatic N) is 2. The number of amides is 2. The van der Waals surface area contributed by atoms with E-state index in [0.717, 1.165) is 11.1 Å². The highest BCUT2D eigenvalue weighted by Gasteiger charge is 2.40. The van der Waals surface area contributed by atoms with E-state index in [-0.39, 0.29) is 11.5 Å². The summed E-state index contributed by atoms with van der Waals surface area (Å²) >= 11 is 1.25. The maximum atomic E-state index is 13.7. The molecule has 0 bridgehead atoms. The third-order valence-corrected chi connectivity index (χ3v) is 7.48. The van der Waals surface area contributed by atoms with Crippen LogP contribution in [0.25, 0.3) is 0 Å². The Bertz CT molecular complexity index is 1360. The number of hydrogen-bond acceptors (Lipinski definition) is 5. The van der Waals surface area contributed by atoms with Crippen molar-refractivity contribution in [2.75, 3.05) is 17.3 Å². The van der Waals surface area contributed by atoms with Crippen molar-refractivity contribution >= 4 is 35.0 Å². The van der Waals surface area contributed by atoms with Gasteiger partial charge in [-0.1, -0.05) is 67.6 Å². The lowest BCUT2D eigenvalue weighted by atomic mass is 10.00. The summed E-state index contributed by atoms with van der Waals surface area (Å²) in [4.78, 5) is 28.4. The van der Waals surface area contributed by atoms with Crippen LogP contribution in [0.2, 0.25) is 0 Å². The zero-order chi connectivity index (χ0) is 26.5. The van der Waals surface area contributed by atoms with Crippen molar-refractivity contribution in [2.45, 2.75) is 38.4 Å². The standard InChI is InChI=1S/C30H29N3O3S/c1-19(2)22-9-7-21(8-10-22)17-27-29(35)33(24-13-15-25(36-4)16-14-24)30(37-27)26(18-31)28(34)32-23-11-5-20(3)6-12-23/h5-16,19,27H,17H2,1-4H3,(H,32,34)/b30-26-. The highest BCUT2D eigenvalue weighted by Crippen LogP contribution is 2.42. The number of rotatable bonds is 7. The molecule has 1 N–H and O–H groups in total. The van der Waals surface area contributed by atoms with Crippen LogP contribution in [0.4, 0.5) is 11.4 Å². The molecule has 0 aromatic heterocycles. The number of ether oxygens (including phenoxy) is 1. The first-order chi connectivity index (χ1) is 17.8. The van der Waals surface area contributed by atoms with Gasteiger partial charge in [0.2, 0.25) is 5.91 Å². The Hall–Kier alpha value is -4.02. The second-order valence-corrected chi connectivity index (χ2v) is 10.4. The van der Waals surface area contributed by atoms with Crippen molar-refractivity contribution in [3.8, 4) is 11.8 Å². The SMILES string of the molecule is COc1ccc(N2C(=O)C(Cc3ccc(C(C)C)cc3)S/C2=C(/C#N)C(=O)Nc2ccc(C)cc2)cc1. The van der Waals surface area contributed by atoms with Gasteiger partial charge < -0.3 is 10.1 Å². The Morgan fingerprint density at radius 2 is 1.70 bits per heavy atom. The van der Waals surface area contributed by atoms with E-state index in [1.807, 2.05) is 31.2 Å². The summed E-state index contributed by atoms with van der Waals surface area (Å²) in [5.41, 5.74) is 4.36. The van der Waals surface area contributed by atoms with Crippen LogP contribution in [-0.4, -0.2) is 24.2 Å². The average molecular weight is 512 g/mol. The molecule has 0 radical (unpaired) electrons. The predicted molar refractivity (Wildman–Crippen MR) is 149 cm³/mol. The summed E-state index contributed by atoms with van der Waals surface area (Å²) in [6, 6.07) is 24.6. The van der Waals surface area contributed by atoms with Gasteiger partial charge in [0.15, 0.2) is 0 Å². The van der Waals surface area contributed by atoms with Crippen molar-refractivity contribution in [3.05, 3.63) is 100 Å². The molecule has 7 heteroatoms. The van der Waals surface area contributed by atoms with Crippen LogP contribution in [0, 0.1) is 18.3 Å². The topological polar surface area (TPSA) is 82.4 Å². The first-order valence-electron chi connectivity index (χ1n) is 12.1. The summed E-state index contributed by atoms with van der Waals surface area (Å²) < 4.78 is 5.26. The lowest BCUT2D eigenvalue weighted by Gasteiger charge is -2.19. The predicted octanol–water partition coefficient (Wildman–Crippen LogP) is 6.19. The molecular formula is C30H29N3O3S. The van der Waals surface area contributed by atoms with Gasteiger partial charge in [-0.25, -0.2) is 0 Å². The van der Waals surface area contributed by atoms with Crippen molar-refractivity contribution < 1.29 is 14.3 Å². The Labute approximate surface area is 221 Å². The van der Waals surface area contributed by atoms with E-state index in [0.29, 0.717) is 34.5 Å². The van der Waals surface area contributed by atoms with Crippen LogP contribution in [0.5, 0.6) is 5.75 Å². The molecule has 6 nitrogen and oxygen atoms in total. The van der Waals surface area contributed by atoms with Gasteiger partial charge in [-0.2, -0.15) is 5.26 Å². The van der Waals surface area contributed by atoms with Crippen LogP contribution in [0.15, 0.2) is 83.4 Å². The Kier molecular flexibility index (Phi) is 8.00. The smallest absolute Gasteiger partial charge is 0.269 e. The molecule has 3 aromatic carbocycles. The van der Waals surface area contributed by atoms with E-state index in [1.54, 1.807) is 43.5 Å². The molecule has 1 fully saturated rings. The number of anilines is 2. The van der Waals surface area contributed by atoms with E-state index in [9.17, 15) is 14.9 Å². The minimum atomic E-state index is -0.554. The van der Waals surface area contributed by atoms with Gasteiger partial charge in [-0.05, 0) is 66.8 Å². The first kappa shape index (κ1) is 26.1. The lowest BCUT2D eigenvalue weighted by Crippen LogP contribution is -2.30. The molecule has 0 aliphatic carbocycles. The number of hydrogen-bond donors (Lipinski definition) is 1. The van der Waals surface area contributed by atoms with E-state index in [2.05, 4.69) is 37.4 Å². The van der Waals surface area contributed by atoms with Crippen LogP contribution in [0.3, 0.4) is 0 Å². The molecule has 3 aromatic rings. The van der Waals surface area contributed by atoms with Gasteiger partial charge in [-0.3, -0.25) is 14.5 Å². The molecule has 2 amide bonds. The molecule has 1 saturated heterocycles. The highest BCUT2D eigenvalue weighted by atomic mass is 32.2. The number of thioether (sulfide) groups is 1. The van der Waals surface area contributed by atoms with E-state index < -0.39 is 11.2 Å². The van der Waals surface area contributed by atoms with Gasteiger partial charge in [0.25, 0.3) is 5.91 Å². The number of benzene rings is 3. The number of nitriles is 1. The van der Waals surface area contributed by atoms with Crippen molar-refractivity contribution in [3.63, 3.8) is 0 Å². The van der Waals surface area contributed by atoms with Crippen LogP contribution in [-0.2, 0) is 16.0 Å². The summed E-state index contributed by atoms with van der Waals surface area (Å²) in [6.45, 7) is 6.23. The largest absolute Gasteiger partial charge is 0.497 e. The fourth-order valence-corrected chi connectivity index (χ4v) is 5.34. The third-order valence-electron chi connectivity index (χ3n) is 6.21. The number of aryl methyl sites for hydroxylation is 1. The summed E-state index contributed by atoms with van der Waals surface area (Å²) in [7, 11) is 1.57. The minimum absolute atomic E-state index is 0.104. The second-order valence-electron chi connectivity index (χ2n) is 9.19. The van der Waals surface area contributed by atoms with Crippen molar-refractivity contribution in [1.29, 1.82) is 5.26 Å². The monoisotopic (exact) mass is 511 g/mol. The minimum Gasteiger partial charge on any atom is -0.497 e. The zero-order valence-corrected chi connectivity index (χ0v) is 22.1. The highest BCUT2D eigenvalue weighted by molar-refractivity contribution is 8.05. The zero-order valence-electron chi connectivity index (χ0n) is 21.3. The molecule has 0 saturated carbocycles. The van der Waals surface area contributed by atoms with E-state index in [4.69, 9.17) is 4.74 Å². The maximum absolute atomic E-state index is 13.7.